The fraction of sp³-hybridized carbons (Fsp3) is 0.571. The van der Waals surface area contributed by atoms with E-state index in [0.29, 0.717) is 6.04 Å². The van der Waals surface area contributed by atoms with Crippen LogP contribution < -0.4 is 10.6 Å². The highest BCUT2D eigenvalue weighted by molar-refractivity contribution is 6.01. The Morgan fingerprint density at radius 2 is 2.26 bits per heavy atom. The summed E-state index contributed by atoms with van der Waals surface area (Å²) < 4.78 is 0. The Morgan fingerprint density at radius 3 is 2.84 bits per heavy atom. The van der Waals surface area contributed by atoms with Crippen LogP contribution in [0.25, 0.3) is 0 Å². The number of hydrogen-bond acceptors (Lipinski definition) is 4. The Morgan fingerprint density at radius 1 is 1.53 bits per heavy atom. The van der Waals surface area contributed by atoms with Crippen molar-refractivity contribution in [2.24, 2.45) is 5.73 Å². The Bertz CT molecular complexity index is 471. The highest BCUT2D eigenvalue weighted by Gasteiger charge is 2.25. The Labute approximate surface area is 114 Å². The number of nitrogen functional groups attached to an aromatic ring is 1. The van der Waals surface area contributed by atoms with Gasteiger partial charge in [-0.05, 0) is 32.0 Å². The summed E-state index contributed by atoms with van der Waals surface area (Å²) in [5.41, 5.74) is 7.51. The lowest BCUT2D eigenvalue weighted by Gasteiger charge is -2.40. The van der Waals surface area contributed by atoms with E-state index in [9.17, 15) is 0 Å². The van der Waals surface area contributed by atoms with Crippen LogP contribution in [0.3, 0.4) is 0 Å². The van der Waals surface area contributed by atoms with Gasteiger partial charge in [-0.3, -0.25) is 10.3 Å². The molecule has 104 valence electrons. The number of nitrogens with one attached hydrogen (secondary N) is 1. The fourth-order valence-corrected chi connectivity index (χ4v) is 2.77. The molecule has 1 fully saturated rings. The minimum atomic E-state index is 0.103. The van der Waals surface area contributed by atoms with Gasteiger partial charge in [-0.25, -0.2) is 4.98 Å². The molecule has 5 nitrogen and oxygen atoms in total. The zero-order chi connectivity index (χ0) is 14.0. The second-order valence-electron chi connectivity index (χ2n) is 5.16. The molecular weight excluding hydrogens is 238 g/mol. The number of pyridine rings is 1. The van der Waals surface area contributed by atoms with Gasteiger partial charge in [-0.1, -0.05) is 6.92 Å². The number of rotatable bonds is 3. The van der Waals surface area contributed by atoms with E-state index in [1.54, 1.807) is 6.20 Å². The van der Waals surface area contributed by atoms with Crippen LogP contribution in [0.5, 0.6) is 0 Å². The maximum absolute atomic E-state index is 7.76. The topological polar surface area (TPSA) is 69.2 Å². The normalized spacial score (nSPS) is 20.6. The molecule has 1 aromatic rings. The van der Waals surface area contributed by atoms with E-state index in [-0.39, 0.29) is 5.84 Å². The average molecular weight is 261 g/mol. The van der Waals surface area contributed by atoms with Crippen LogP contribution >= 0.6 is 0 Å². The maximum Gasteiger partial charge on any atom is 0.139 e. The maximum atomic E-state index is 7.76. The molecular formula is C14H23N5. The molecule has 0 saturated carbocycles. The number of hydrogen-bond donors (Lipinski definition) is 2. The number of aromatic nitrogens is 1. The molecule has 0 amide bonds. The van der Waals surface area contributed by atoms with E-state index in [1.165, 1.54) is 0 Å². The first-order valence-electron chi connectivity index (χ1n) is 6.83. The molecule has 1 aliphatic heterocycles. The van der Waals surface area contributed by atoms with Gasteiger partial charge in [0.05, 0.1) is 5.56 Å². The first kappa shape index (κ1) is 13.8. The number of anilines is 1. The van der Waals surface area contributed by atoms with E-state index in [2.05, 4.69) is 28.6 Å². The second kappa shape index (κ2) is 5.57. The number of amidine groups is 1. The minimum absolute atomic E-state index is 0.103. The third-order valence-electron chi connectivity index (χ3n) is 3.88. The highest BCUT2D eigenvalue weighted by atomic mass is 15.3. The summed E-state index contributed by atoms with van der Waals surface area (Å²) in [5.74, 6) is 0.960. The molecule has 19 heavy (non-hydrogen) atoms. The third kappa shape index (κ3) is 2.71. The summed E-state index contributed by atoms with van der Waals surface area (Å²) in [4.78, 5) is 9.16. The summed E-state index contributed by atoms with van der Waals surface area (Å²) >= 11 is 0. The van der Waals surface area contributed by atoms with Crippen LogP contribution in [0.15, 0.2) is 12.3 Å². The Kier molecular flexibility index (Phi) is 4.04. The molecule has 1 atom stereocenters. The van der Waals surface area contributed by atoms with E-state index in [4.69, 9.17) is 11.1 Å². The second-order valence-corrected chi connectivity index (χ2v) is 5.16. The highest BCUT2D eigenvalue weighted by Crippen LogP contribution is 2.23. The van der Waals surface area contributed by atoms with Crippen LogP contribution in [-0.4, -0.2) is 47.9 Å². The molecule has 0 radical (unpaired) electrons. The van der Waals surface area contributed by atoms with Gasteiger partial charge < -0.3 is 10.6 Å². The number of nitrogens with two attached hydrogens (primary N) is 1. The average Bonchev–Trinajstić information content (AvgIpc) is 2.37. The fourth-order valence-electron chi connectivity index (χ4n) is 2.77. The quantitative estimate of drug-likeness (QED) is 0.634. The number of likely N-dealkylation sites (N-methyl/N-ethyl adjacent to an activating group) is 1. The van der Waals surface area contributed by atoms with Crippen LogP contribution in [0, 0.1) is 12.3 Å². The Balaban J connectivity index is 2.28. The van der Waals surface area contributed by atoms with Crippen molar-refractivity contribution in [2.45, 2.75) is 26.8 Å². The summed E-state index contributed by atoms with van der Waals surface area (Å²) in [5, 5.41) is 7.76. The zero-order valence-corrected chi connectivity index (χ0v) is 12.0. The molecule has 1 aromatic heterocycles. The molecule has 1 unspecified atom stereocenters. The molecule has 2 rings (SSSR count). The standard InChI is InChI=1S/C14H23N5/c1-4-18-7-8-19(9-11(18)3)14-12(13(15)16)10(2)5-6-17-14/h5-6,11H,4,7-9H2,1-3H3,(H3,15,16). The monoisotopic (exact) mass is 261 g/mol. The lowest BCUT2D eigenvalue weighted by molar-refractivity contribution is 0.199. The van der Waals surface area contributed by atoms with Crippen LogP contribution in [0.2, 0.25) is 0 Å². The van der Waals surface area contributed by atoms with Crippen molar-refractivity contribution in [2.75, 3.05) is 31.1 Å². The van der Waals surface area contributed by atoms with Crippen LogP contribution in [-0.2, 0) is 0 Å². The summed E-state index contributed by atoms with van der Waals surface area (Å²) in [6.45, 7) is 10.4. The predicted octanol–water partition coefficient (Wildman–Crippen LogP) is 1.20. The molecule has 2 heterocycles. The summed E-state index contributed by atoms with van der Waals surface area (Å²) in [6, 6.07) is 2.41. The lowest BCUT2D eigenvalue weighted by atomic mass is 10.1. The molecule has 3 N–H and O–H groups in total. The zero-order valence-electron chi connectivity index (χ0n) is 12.0. The van der Waals surface area contributed by atoms with Gasteiger partial charge in [0.15, 0.2) is 0 Å². The number of aryl methyl sites for hydroxylation is 1. The van der Waals surface area contributed by atoms with E-state index in [1.807, 2.05) is 13.0 Å². The third-order valence-corrected chi connectivity index (χ3v) is 3.88. The molecule has 0 aliphatic carbocycles. The van der Waals surface area contributed by atoms with Crippen molar-refractivity contribution in [1.82, 2.24) is 9.88 Å². The van der Waals surface area contributed by atoms with Crippen molar-refractivity contribution in [3.63, 3.8) is 0 Å². The lowest BCUT2D eigenvalue weighted by Crippen LogP contribution is -2.52. The SMILES string of the molecule is CCN1CCN(c2nccc(C)c2C(=N)N)CC1C. The molecule has 1 saturated heterocycles. The molecule has 0 bridgehead atoms. The van der Waals surface area contributed by atoms with Gasteiger partial charge >= 0.3 is 0 Å². The van der Waals surface area contributed by atoms with Gasteiger partial charge in [0, 0.05) is 31.9 Å². The van der Waals surface area contributed by atoms with Gasteiger partial charge in [0.25, 0.3) is 0 Å². The minimum Gasteiger partial charge on any atom is -0.384 e. The van der Waals surface area contributed by atoms with E-state index >= 15 is 0 Å². The largest absolute Gasteiger partial charge is 0.384 e. The molecule has 0 aromatic carbocycles. The molecule has 0 spiro atoms. The number of nitrogens with zero attached hydrogens (tertiary/aromatic N) is 3. The number of piperazine rings is 1. The summed E-state index contributed by atoms with van der Waals surface area (Å²) in [6.07, 6.45) is 1.80. The Hall–Kier alpha value is -1.62. The predicted molar refractivity (Wildman–Crippen MR) is 78.9 cm³/mol. The van der Waals surface area contributed by atoms with Gasteiger partial charge in [-0.2, -0.15) is 0 Å². The van der Waals surface area contributed by atoms with E-state index < -0.39 is 0 Å². The first-order chi connectivity index (χ1) is 9.04. The van der Waals surface area contributed by atoms with Crippen LogP contribution in [0.4, 0.5) is 5.82 Å². The van der Waals surface area contributed by atoms with Crippen molar-refractivity contribution < 1.29 is 0 Å². The first-order valence-corrected chi connectivity index (χ1v) is 6.83. The van der Waals surface area contributed by atoms with E-state index in [0.717, 1.165) is 43.1 Å². The van der Waals surface area contributed by atoms with Crippen molar-refractivity contribution in [3.05, 3.63) is 23.4 Å². The molecule has 1 aliphatic rings. The molecule has 5 heteroatoms. The summed E-state index contributed by atoms with van der Waals surface area (Å²) in [7, 11) is 0. The van der Waals surface area contributed by atoms with Gasteiger partial charge in [-0.15, -0.1) is 0 Å². The smallest absolute Gasteiger partial charge is 0.139 e. The van der Waals surface area contributed by atoms with Crippen molar-refractivity contribution >= 4 is 11.7 Å². The van der Waals surface area contributed by atoms with Gasteiger partial charge in [0.2, 0.25) is 0 Å². The van der Waals surface area contributed by atoms with Crippen molar-refractivity contribution in [3.8, 4) is 0 Å². The van der Waals surface area contributed by atoms with Crippen molar-refractivity contribution in [1.29, 1.82) is 5.41 Å². The van der Waals surface area contributed by atoms with Gasteiger partial charge in [0.1, 0.15) is 11.7 Å². The van der Waals surface area contributed by atoms with Crippen LogP contribution in [0.1, 0.15) is 25.0 Å².